The number of nitrogen functional groups attached to an aromatic ring is 1. The molecule has 4 aromatic rings. The molecule has 14 heteroatoms. The van der Waals surface area contributed by atoms with E-state index < -0.39 is 29.3 Å². The molecule has 2 aromatic heterocycles. The highest BCUT2D eigenvalue weighted by molar-refractivity contribution is 7.23. The van der Waals surface area contributed by atoms with Crippen LogP contribution in [0.2, 0.25) is 5.02 Å². The van der Waals surface area contributed by atoms with Gasteiger partial charge in [0, 0.05) is 28.6 Å². The lowest BCUT2D eigenvalue weighted by molar-refractivity contribution is -0.0301. The average molecular weight is 707 g/mol. The molecule has 6 aliphatic rings. The Bertz CT molecular complexity index is 2240. The van der Waals surface area contributed by atoms with Gasteiger partial charge < -0.3 is 20.1 Å². The molecular weight excluding hydrogens is 680 g/mol. The number of rotatable bonds is 5. The standard InChI is InChI=1S/C35H27ClF4N6O2S/c1-2-18-14-47-28-24-27(26(38)23(25(28)36)19-4-5-21(37)29-22(19)20(12-41)31(42)49-29)43-33(44-32(24)46(18)35-8-16(9-35)10-35)48-15-34-6-3-7-45(34)13-17(11-34)30(39)40/h1,4-5,16,18H,3,6-11,13-15,42H2/t16?,18?,34-,35?/m0/s1. The van der Waals surface area contributed by atoms with Gasteiger partial charge in [0.2, 0.25) is 0 Å². The highest BCUT2D eigenvalue weighted by Gasteiger charge is 2.62. The normalized spacial score (nSPS) is 26.8. The van der Waals surface area contributed by atoms with Crippen LogP contribution in [-0.4, -0.2) is 58.3 Å². The van der Waals surface area contributed by atoms with Crippen LogP contribution >= 0.6 is 22.9 Å². The summed E-state index contributed by atoms with van der Waals surface area (Å²) < 4.78 is 72.3. The Balaban J connectivity index is 1.27. The number of benzene rings is 2. The number of nitriles is 1. The summed E-state index contributed by atoms with van der Waals surface area (Å²) >= 11 is 7.93. The second-order valence-corrected chi connectivity index (χ2v) is 15.2. The lowest BCUT2D eigenvalue weighted by Gasteiger charge is -2.67. The summed E-state index contributed by atoms with van der Waals surface area (Å²) in [7, 11) is 0. The summed E-state index contributed by atoms with van der Waals surface area (Å²) in [6.45, 7) is 0.861. The van der Waals surface area contributed by atoms with Crippen molar-refractivity contribution in [1.82, 2.24) is 14.9 Å². The van der Waals surface area contributed by atoms with Gasteiger partial charge in [-0.15, -0.1) is 17.8 Å². The second-order valence-electron chi connectivity index (χ2n) is 13.8. The summed E-state index contributed by atoms with van der Waals surface area (Å²) in [5, 5.41) is 10.3. The molecular formula is C35H27ClF4N6O2S. The number of terminal acetylenes is 1. The largest absolute Gasteiger partial charge is 0.488 e. The maximum Gasteiger partial charge on any atom is 0.319 e. The molecule has 0 spiro atoms. The maximum atomic E-state index is 17.3. The predicted molar refractivity (Wildman–Crippen MR) is 178 cm³/mol. The van der Waals surface area contributed by atoms with Gasteiger partial charge in [-0.1, -0.05) is 23.6 Å². The van der Waals surface area contributed by atoms with E-state index in [-0.39, 0.29) is 96.8 Å². The molecule has 1 unspecified atom stereocenters. The summed E-state index contributed by atoms with van der Waals surface area (Å²) in [5.74, 6) is 2.35. The van der Waals surface area contributed by atoms with Gasteiger partial charge in [-0.2, -0.15) is 24.0 Å². The van der Waals surface area contributed by atoms with Gasteiger partial charge in [0.25, 0.3) is 6.08 Å². The first-order valence-electron chi connectivity index (χ1n) is 16.0. The van der Waals surface area contributed by atoms with Crippen LogP contribution in [0.1, 0.15) is 44.1 Å². The number of halogens is 5. The molecule has 250 valence electrons. The Morgan fingerprint density at radius 2 is 2.02 bits per heavy atom. The third-order valence-electron chi connectivity index (χ3n) is 11.2. The average Bonchev–Trinajstić information content (AvgIpc) is 3.67. The van der Waals surface area contributed by atoms with Gasteiger partial charge >= 0.3 is 6.01 Å². The van der Waals surface area contributed by atoms with E-state index in [0.717, 1.165) is 37.0 Å². The molecule has 2 atom stereocenters. The van der Waals surface area contributed by atoms with Crippen LogP contribution in [0.3, 0.4) is 0 Å². The van der Waals surface area contributed by atoms with Gasteiger partial charge in [0.05, 0.1) is 26.2 Å². The smallest absolute Gasteiger partial charge is 0.319 e. The molecule has 2 bridgehead atoms. The fraction of sp³-hybridized carbons (Fsp3) is 0.400. The summed E-state index contributed by atoms with van der Waals surface area (Å²) in [5.41, 5.74) is 5.05. The molecule has 5 heterocycles. The van der Waals surface area contributed by atoms with Crippen molar-refractivity contribution < 1.29 is 27.0 Å². The third kappa shape index (κ3) is 4.19. The first-order chi connectivity index (χ1) is 23.6. The number of hydrogen-bond donors (Lipinski definition) is 1. The van der Waals surface area contributed by atoms with E-state index in [9.17, 15) is 14.0 Å². The van der Waals surface area contributed by atoms with E-state index in [4.69, 9.17) is 38.2 Å². The van der Waals surface area contributed by atoms with Gasteiger partial charge in [-0.25, -0.2) is 8.78 Å². The molecule has 3 aliphatic heterocycles. The van der Waals surface area contributed by atoms with E-state index in [1.807, 2.05) is 15.9 Å². The number of nitrogens with two attached hydrogens (primary N) is 1. The number of aromatic nitrogens is 2. The van der Waals surface area contributed by atoms with E-state index in [2.05, 4.69) is 10.9 Å². The SMILES string of the molecule is C#CC1COc2c(Cl)c(-c3ccc(F)c4sc(N)c(C#N)c34)c(F)c3nc(OC[C@@]45CCCN4CC(=C(F)F)C5)nc(c23)N1C12CC(C1)C2. The minimum atomic E-state index is -1.67. The van der Waals surface area contributed by atoms with Crippen LogP contribution in [0.5, 0.6) is 11.8 Å². The third-order valence-corrected chi connectivity index (χ3v) is 12.6. The molecule has 0 radical (unpaired) electrons. The van der Waals surface area contributed by atoms with E-state index in [1.165, 1.54) is 12.1 Å². The van der Waals surface area contributed by atoms with Crippen molar-refractivity contribution in [2.24, 2.45) is 5.92 Å². The molecule has 2 saturated heterocycles. The number of thiophene rings is 1. The minimum Gasteiger partial charge on any atom is -0.488 e. The van der Waals surface area contributed by atoms with Crippen molar-refractivity contribution >= 4 is 54.7 Å². The molecule has 10 rings (SSSR count). The number of ether oxygens (including phenoxy) is 2. The Hall–Kier alpha value is -4.30. The summed E-state index contributed by atoms with van der Waals surface area (Å²) in [6.07, 6.45) is 8.73. The molecule has 3 saturated carbocycles. The number of hydrogen-bond acceptors (Lipinski definition) is 9. The predicted octanol–water partition coefficient (Wildman–Crippen LogP) is 7.42. The number of nitrogens with zero attached hydrogens (tertiary/aromatic N) is 5. The fourth-order valence-corrected chi connectivity index (χ4v) is 10.1. The van der Waals surface area contributed by atoms with Gasteiger partial charge in [-0.05, 0) is 62.6 Å². The zero-order valence-corrected chi connectivity index (χ0v) is 27.5. The van der Waals surface area contributed by atoms with Crippen molar-refractivity contribution in [1.29, 1.82) is 5.26 Å². The minimum absolute atomic E-state index is 0.00140. The first kappa shape index (κ1) is 30.7. The quantitative estimate of drug-likeness (QED) is 0.169. The summed E-state index contributed by atoms with van der Waals surface area (Å²) in [4.78, 5) is 13.5. The lowest BCUT2D eigenvalue weighted by Crippen LogP contribution is -2.71. The van der Waals surface area contributed by atoms with Crippen molar-refractivity contribution in [3.05, 3.63) is 46.0 Å². The first-order valence-corrected chi connectivity index (χ1v) is 17.2. The zero-order valence-electron chi connectivity index (χ0n) is 25.9. The maximum absolute atomic E-state index is 17.3. The van der Waals surface area contributed by atoms with Crippen LogP contribution in [0, 0.1) is 41.2 Å². The Labute approximate surface area is 287 Å². The molecule has 3 aliphatic carbocycles. The van der Waals surface area contributed by atoms with Crippen LogP contribution in [0.15, 0.2) is 23.8 Å². The van der Waals surface area contributed by atoms with E-state index in [1.54, 1.807) is 0 Å². The topological polar surface area (TPSA) is 101 Å². The van der Waals surface area contributed by atoms with Crippen LogP contribution in [-0.2, 0) is 0 Å². The highest BCUT2D eigenvalue weighted by Crippen LogP contribution is 2.63. The molecule has 2 aromatic carbocycles. The Kier molecular flexibility index (Phi) is 6.65. The van der Waals surface area contributed by atoms with Gasteiger partial charge in [0.15, 0.2) is 11.6 Å². The Morgan fingerprint density at radius 1 is 1.22 bits per heavy atom. The Morgan fingerprint density at radius 3 is 2.71 bits per heavy atom. The molecule has 8 nitrogen and oxygen atoms in total. The fourth-order valence-electron chi connectivity index (χ4n) is 8.81. The van der Waals surface area contributed by atoms with Crippen LogP contribution in [0.25, 0.3) is 32.1 Å². The molecule has 49 heavy (non-hydrogen) atoms. The van der Waals surface area contributed by atoms with Gasteiger partial charge in [-0.3, -0.25) is 4.90 Å². The van der Waals surface area contributed by atoms with E-state index in [0.29, 0.717) is 24.7 Å². The van der Waals surface area contributed by atoms with Crippen LogP contribution in [0.4, 0.5) is 28.4 Å². The monoisotopic (exact) mass is 706 g/mol. The number of fused-ring (bicyclic) bond motifs is 2. The lowest BCUT2D eigenvalue weighted by atomic mass is 9.48. The van der Waals surface area contributed by atoms with Crippen molar-refractivity contribution in [2.75, 3.05) is 36.9 Å². The molecule has 0 amide bonds. The summed E-state index contributed by atoms with van der Waals surface area (Å²) in [6, 6.07) is 3.81. The highest BCUT2D eigenvalue weighted by atomic mass is 35.5. The van der Waals surface area contributed by atoms with Crippen molar-refractivity contribution in [3.63, 3.8) is 0 Å². The molecule has 2 N–H and O–H groups in total. The van der Waals surface area contributed by atoms with Crippen LogP contribution < -0.4 is 20.1 Å². The zero-order chi connectivity index (χ0) is 34.0. The number of anilines is 2. The van der Waals surface area contributed by atoms with Gasteiger partial charge in [0.1, 0.15) is 47.5 Å². The van der Waals surface area contributed by atoms with Crippen molar-refractivity contribution in [3.8, 4) is 41.3 Å². The molecule has 5 fully saturated rings. The second kappa shape index (κ2) is 10.6. The van der Waals surface area contributed by atoms with Crippen molar-refractivity contribution in [2.45, 2.75) is 55.6 Å². The van der Waals surface area contributed by atoms with E-state index >= 15 is 8.78 Å².